The lowest BCUT2D eigenvalue weighted by Gasteiger charge is -2.38. The number of para-hydroxylation sites is 1. The molecule has 0 aliphatic carbocycles. The number of carbonyl (C=O) groups excluding carboxylic acids is 1. The van der Waals surface area contributed by atoms with Crippen LogP contribution in [0.5, 0.6) is 0 Å². The number of anilines is 2. The molecule has 0 saturated carbocycles. The van der Waals surface area contributed by atoms with E-state index in [0.717, 1.165) is 30.4 Å². The molecule has 2 heterocycles. The van der Waals surface area contributed by atoms with E-state index in [4.69, 9.17) is 0 Å². The third-order valence-corrected chi connectivity index (χ3v) is 6.25. The lowest BCUT2D eigenvalue weighted by atomic mass is 9.86. The second-order valence-corrected chi connectivity index (χ2v) is 8.71. The van der Waals surface area contributed by atoms with Crippen LogP contribution in [0.4, 0.5) is 20.2 Å². The van der Waals surface area contributed by atoms with Crippen LogP contribution in [0.3, 0.4) is 0 Å². The van der Waals surface area contributed by atoms with Gasteiger partial charge in [0, 0.05) is 43.0 Å². The van der Waals surface area contributed by atoms with E-state index in [1.807, 2.05) is 36.4 Å². The van der Waals surface area contributed by atoms with Crippen LogP contribution in [0, 0.1) is 0 Å². The smallest absolute Gasteiger partial charge is 0.253 e. The molecule has 2 aliphatic heterocycles. The molecule has 0 atom stereocenters. The molecule has 6 heteroatoms. The van der Waals surface area contributed by atoms with Gasteiger partial charge in [0.25, 0.3) is 5.91 Å². The van der Waals surface area contributed by atoms with Crippen LogP contribution in [0.1, 0.15) is 48.5 Å². The number of benzene rings is 2. The number of halogens is 2. The highest BCUT2D eigenvalue weighted by molar-refractivity contribution is 5.95. The zero-order valence-corrected chi connectivity index (χ0v) is 17.7. The fourth-order valence-electron chi connectivity index (χ4n) is 4.30. The monoisotopic (exact) mass is 426 g/mol. The molecule has 0 radical (unpaired) electrons. The van der Waals surface area contributed by atoms with E-state index in [0.29, 0.717) is 31.5 Å². The molecule has 164 valence electrons. The Morgan fingerprint density at radius 1 is 1.10 bits per heavy atom. The molecule has 4 rings (SSSR count). The van der Waals surface area contributed by atoms with Gasteiger partial charge in [0.15, 0.2) is 0 Å². The lowest BCUT2D eigenvalue weighted by Crippen LogP contribution is -2.47. The van der Waals surface area contributed by atoms with Gasteiger partial charge >= 0.3 is 0 Å². The van der Waals surface area contributed by atoms with E-state index >= 15 is 0 Å². The van der Waals surface area contributed by atoms with Gasteiger partial charge in [-0.1, -0.05) is 30.4 Å². The Bertz CT molecular complexity index is 958. The summed E-state index contributed by atoms with van der Waals surface area (Å²) in [5, 5.41) is 10.6. The molecule has 0 spiro atoms. The van der Waals surface area contributed by atoms with Crippen LogP contribution in [0.25, 0.3) is 6.08 Å². The predicted molar refractivity (Wildman–Crippen MR) is 119 cm³/mol. The summed E-state index contributed by atoms with van der Waals surface area (Å²) >= 11 is 0. The lowest BCUT2D eigenvalue weighted by molar-refractivity contribution is -0.0570. The molecule has 31 heavy (non-hydrogen) atoms. The first kappa shape index (κ1) is 21.5. The van der Waals surface area contributed by atoms with Gasteiger partial charge in [-0.3, -0.25) is 4.79 Å². The van der Waals surface area contributed by atoms with Crippen molar-refractivity contribution in [2.45, 2.75) is 44.1 Å². The second kappa shape index (κ2) is 8.42. The average molecular weight is 427 g/mol. The van der Waals surface area contributed by atoms with E-state index in [1.165, 1.54) is 0 Å². The van der Waals surface area contributed by atoms with Gasteiger partial charge < -0.3 is 14.9 Å². The fourth-order valence-corrected chi connectivity index (χ4v) is 4.30. The van der Waals surface area contributed by atoms with E-state index in [-0.39, 0.29) is 18.7 Å². The van der Waals surface area contributed by atoms with Crippen molar-refractivity contribution in [3.05, 3.63) is 65.7 Å². The van der Waals surface area contributed by atoms with E-state index in [2.05, 4.69) is 29.2 Å². The SMILES string of the molecule is CC(F)(F)CCC1(O)CCN(C(=O)c2ccc(N3CC=Cc4ccccc43)cc2)CC1. The first-order chi connectivity index (χ1) is 14.7. The summed E-state index contributed by atoms with van der Waals surface area (Å²) in [5.41, 5.74) is 2.79. The van der Waals surface area contributed by atoms with Crippen molar-refractivity contribution in [3.63, 3.8) is 0 Å². The first-order valence-corrected chi connectivity index (χ1v) is 10.8. The van der Waals surface area contributed by atoms with Crippen molar-refractivity contribution in [2.75, 3.05) is 24.5 Å². The number of carbonyl (C=O) groups is 1. The van der Waals surface area contributed by atoms with Gasteiger partial charge in [-0.15, -0.1) is 0 Å². The van der Waals surface area contributed by atoms with Crippen molar-refractivity contribution in [2.24, 2.45) is 0 Å². The minimum absolute atomic E-state index is 0.0545. The highest BCUT2D eigenvalue weighted by Gasteiger charge is 2.36. The third kappa shape index (κ3) is 4.96. The fraction of sp³-hybridized carbons (Fsp3) is 0.400. The predicted octanol–water partition coefficient (Wildman–Crippen LogP) is 5.25. The van der Waals surface area contributed by atoms with Crippen LogP contribution < -0.4 is 4.90 Å². The Morgan fingerprint density at radius 2 is 1.77 bits per heavy atom. The molecule has 2 aromatic rings. The molecule has 0 aromatic heterocycles. The summed E-state index contributed by atoms with van der Waals surface area (Å²) in [6.07, 6.45) is 4.59. The highest BCUT2D eigenvalue weighted by atomic mass is 19.3. The molecule has 2 aliphatic rings. The van der Waals surface area contributed by atoms with Crippen LogP contribution in [-0.2, 0) is 0 Å². The van der Waals surface area contributed by atoms with Crippen LogP contribution >= 0.6 is 0 Å². The van der Waals surface area contributed by atoms with Gasteiger partial charge in [-0.05, 0) is 62.1 Å². The maximum Gasteiger partial charge on any atom is 0.253 e. The molecule has 1 fully saturated rings. The number of hydrogen-bond acceptors (Lipinski definition) is 3. The maximum atomic E-state index is 13.1. The molecule has 4 nitrogen and oxygen atoms in total. The molecule has 1 saturated heterocycles. The van der Waals surface area contributed by atoms with Gasteiger partial charge in [-0.2, -0.15) is 0 Å². The van der Waals surface area contributed by atoms with E-state index in [1.54, 1.807) is 4.90 Å². The molecular weight excluding hydrogens is 398 g/mol. The molecular formula is C25H28F2N2O2. The normalized spacial score (nSPS) is 18.1. The largest absolute Gasteiger partial charge is 0.390 e. The summed E-state index contributed by atoms with van der Waals surface area (Å²) in [6, 6.07) is 15.8. The van der Waals surface area contributed by atoms with Crippen molar-refractivity contribution in [1.82, 2.24) is 4.90 Å². The summed E-state index contributed by atoms with van der Waals surface area (Å²) in [6.45, 7) is 2.39. The molecule has 1 amide bonds. The summed E-state index contributed by atoms with van der Waals surface area (Å²) < 4.78 is 26.3. The minimum Gasteiger partial charge on any atom is -0.390 e. The van der Waals surface area contributed by atoms with Crippen molar-refractivity contribution in [1.29, 1.82) is 0 Å². The number of amides is 1. The Hall–Kier alpha value is -2.73. The molecule has 0 unspecified atom stereocenters. The Kier molecular flexibility index (Phi) is 5.84. The van der Waals surface area contributed by atoms with Gasteiger partial charge in [0.2, 0.25) is 5.92 Å². The number of aliphatic hydroxyl groups is 1. The Labute approximate surface area is 181 Å². The number of fused-ring (bicyclic) bond motifs is 1. The number of piperidine rings is 1. The van der Waals surface area contributed by atoms with Crippen LogP contribution in [-0.4, -0.2) is 47.1 Å². The molecule has 2 aromatic carbocycles. The Balaban J connectivity index is 1.39. The number of hydrogen-bond donors (Lipinski definition) is 1. The maximum absolute atomic E-state index is 13.1. The van der Waals surface area contributed by atoms with E-state index in [9.17, 15) is 18.7 Å². The summed E-state index contributed by atoms with van der Waals surface area (Å²) in [5.74, 6) is -2.87. The average Bonchev–Trinajstić information content (AvgIpc) is 2.77. The number of nitrogens with zero attached hydrogens (tertiary/aromatic N) is 2. The standard InChI is InChI=1S/C25H28F2N2O2/c1-24(26,27)12-13-25(31)14-17-28(18-15-25)23(30)20-8-10-21(11-9-20)29-16-4-6-19-5-2-3-7-22(19)29/h2-11,31H,12-18H2,1H3. The second-order valence-electron chi connectivity index (χ2n) is 8.71. The Morgan fingerprint density at radius 3 is 2.45 bits per heavy atom. The summed E-state index contributed by atoms with van der Waals surface area (Å²) in [7, 11) is 0. The van der Waals surface area contributed by atoms with Crippen molar-refractivity contribution < 1.29 is 18.7 Å². The molecule has 1 N–H and O–H groups in total. The first-order valence-electron chi connectivity index (χ1n) is 10.8. The zero-order chi connectivity index (χ0) is 22.1. The van der Waals surface area contributed by atoms with Gasteiger partial charge in [-0.25, -0.2) is 8.78 Å². The van der Waals surface area contributed by atoms with Crippen LogP contribution in [0.15, 0.2) is 54.6 Å². The number of rotatable bonds is 5. The van der Waals surface area contributed by atoms with E-state index < -0.39 is 11.5 Å². The zero-order valence-electron chi connectivity index (χ0n) is 17.7. The van der Waals surface area contributed by atoms with Crippen molar-refractivity contribution in [3.8, 4) is 0 Å². The quantitative estimate of drug-likeness (QED) is 0.710. The topological polar surface area (TPSA) is 43.8 Å². The van der Waals surface area contributed by atoms with Gasteiger partial charge in [0.1, 0.15) is 0 Å². The van der Waals surface area contributed by atoms with Crippen LogP contribution in [0.2, 0.25) is 0 Å². The third-order valence-electron chi connectivity index (χ3n) is 6.25. The van der Waals surface area contributed by atoms with Gasteiger partial charge in [0.05, 0.1) is 5.60 Å². The highest BCUT2D eigenvalue weighted by Crippen LogP contribution is 2.34. The number of likely N-dealkylation sites (tertiary alicyclic amines) is 1. The summed E-state index contributed by atoms with van der Waals surface area (Å²) in [4.78, 5) is 16.8. The number of alkyl halides is 2. The minimum atomic E-state index is -2.78. The van der Waals surface area contributed by atoms with Crippen molar-refractivity contribution >= 4 is 23.4 Å². The molecule has 0 bridgehead atoms.